The molecule has 1 unspecified atom stereocenters. The molecule has 0 bridgehead atoms. The lowest BCUT2D eigenvalue weighted by Gasteiger charge is -2.23. The molecule has 0 radical (unpaired) electrons. The maximum atomic E-state index is 12.2. The minimum atomic E-state index is -3.35. The van der Waals surface area contributed by atoms with Crippen LogP contribution in [0.4, 0.5) is 0 Å². The highest BCUT2D eigenvalue weighted by Crippen LogP contribution is 2.25. The Morgan fingerprint density at radius 1 is 1.15 bits per heavy atom. The van der Waals surface area contributed by atoms with Crippen molar-refractivity contribution < 1.29 is 13.5 Å². The zero-order valence-corrected chi connectivity index (χ0v) is 12.5. The third-order valence-electron chi connectivity index (χ3n) is 3.89. The summed E-state index contributed by atoms with van der Waals surface area (Å²) in [6.07, 6.45) is 5.46. The fourth-order valence-electron chi connectivity index (χ4n) is 2.83. The maximum Gasteiger partial charge on any atom is 0.212 e. The molecule has 1 aromatic rings. The fourth-order valence-corrected chi connectivity index (χ4v) is 4.52. The minimum Gasteiger partial charge on any atom is -0.394 e. The van der Waals surface area contributed by atoms with Gasteiger partial charge in [0, 0.05) is 0 Å². The molecule has 0 aliphatic heterocycles. The van der Waals surface area contributed by atoms with E-state index >= 15 is 0 Å². The Kier molecular flexibility index (Phi) is 5.57. The van der Waals surface area contributed by atoms with Crippen molar-refractivity contribution >= 4 is 10.0 Å². The highest BCUT2D eigenvalue weighted by molar-refractivity contribution is 7.89. The van der Waals surface area contributed by atoms with Gasteiger partial charge in [0.1, 0.15) is 0 Å². The van der Waals surface area contributed by atoms with Gasteiger partial charge < -0.3 is 5.11 Å². The Balaban J connectivity index is 1.98. The first-order valence-corrected chi connectivity index (χ1v) is 8.92. The quantitative estimate of drug-likeness (QED) is 0.846. The van der Waals surface area contributed by atoms with Gasteiger partial charge in [-0.2, -0.15) is 0 Å². The summed E-state index contributed by atoms with van der Waals surface area (Å²) in [5.74, 6) is 0.437. The van der Waals surface area contributed by atoms with Gasteiger partial charge >= 0.3 is 0 Å². The van der Waals surface area contributed by atoms with Crippen LogP contribution in [0.3, 0.4) is 0 Å². The number of aliphatic hydroxyl groups is 1. The van der Waals surface area contributed by atoms with Gasteiger partial charge in [-0.05, 0) is 24.3 Å². The molecule has 2 rings (SSSR count). The Labute approximate surface area is 121 Å². The summed E-state index contributed by atoms with van der Waals surface area (Å²) in [4.78, 5) is 0. The van der Waals surface area contributed by atoms with Crippen LogP contribution in [0.5, 0.6) is 0 Å². The minimum absolute atomic E-state index is 0.177. The topological polar surface area (TPSA) is 66.4 Å². The zero-order chi connectivity index (χ0) is 14.4. The van der Waals surface area contributed by atoms with Crippen LogP contribution in [0, 0.1) is 5.92 Å². The van der Waals surface area contributed by atoms with Crippen LogP contribution >= 0.6 is 0 Å². The summed E-state index contributed by atoms with van der Waals surface area (Å²) in [6, 6.07) is 8.65. The lowest BCUT2D eigenvalue weighted by atomic mass is 9.91. The van der Waals surface area contributed by atoms with E-state index in [0.29, 0.717) is 0 Å². The van der Waals surface area contributed by atoms with Crippen LogP contribution in [0.15, 0.2) is 30.3 Å². The molecule has 1 aliphatic rings. The fraction of sp³-hybridized carbons (Fsp3) is 0.600. The normalized spacial score (nSPS) is 18.9. The molecule has 1 aliphatic carbocycles. The van der Waals surface area contributed by atoms with Crippen molar-refractivity contribution in [2.24, 2.45) is 5.92 Å². The van der Waals surface area contributed by atoms with Gasteiger partial charge in [0.2, 0.25) is 10.0 Å². The molecule has 0 spiro atoms. The SMILES string of the molecule is O=S(=O)(CC1CCCCC1)NC(CO)c1ccccc1. The van der Waals surface area contributed by atoms with E-state index in [1.165, 1.54) is 6.42 Å². The first-order chi connectivity index (χ1) is 9.61. The molecular formula is C15H23NO3S. The van der Waals surface area contributed by atoms with Gasteiger partial charge in [-0.3, -0.25) is 0 Å². The summed E-state index contributed by atoms with van der Waals surface area (Å²) < 4.78 is 27.1. The average Bonchev–Trinajstić information content (AvgIpc) is 2.46. The molecule has 4 nitrogen and oxygen atoms in total. The highest BCUT2D eigenvalue weighted by atomic mass is 32.2. The van der Waals surface area contributed by atoms with Gasteiger partial charge in [-0.25, -0.2) is 13.1 Å². The van der Waals surface area contributed by atoms with Crippen LogP contribution in [-0.4, -0.2) is 25.9 Å². The number of sulfonamides is 1. The van der Waals surface area contributed by atoms with Gasteiger partial charge in [0.25, 0.3) is 0 Å². The van der Waals surface area contributed by atoms with Gasteiger partial charge in [0.15, 0.2) is 0 Å². The number of hydrogen-bond acceptors (Lipinski definition) is 3. The van der Waals surface area contributed by atoms with E-state index in [2.05, 4.69) is 4.72 Å². The Hall–Kier alpha value is -0.910. The van der Waals surface area contributed by atoms with Crippen molar-refractivity contribution in [1.82, 2.24) is 4.72 Å². The number of benzene rings is 1. The predicted octanol–water partition coefficient (Wildman–Crippen LogP) is 2.22. The largest absolute Gasteiger partial charge is 0.394 e. The van der Waals surface area contributed by atoms with Crippen molar-refractivity contribution in [1.29, 1.82) is 0 Å². The molecule has 20 heavy (non-hydrogen) atoms. The molecule has 2 N–H and O–H groups in total. The van der Waals surface area contributed by atoms with E-state index in [4.69, 9.17) is 0 Å². The molecule has 1 atom stereocenters. The van der Waals surface area contributed by atoms with Crippen LogP contribution in [0.2, 0.25) is 0 Å². The molecule has 112 valence electrons. The Morgan fingerprint density at radius 3 is 2.40 bits per heavy atom. The first-order valence-electron chi connectivity index (χ1n) is 7.26. The monoisotopic (exact) mass is 297 g/mol. The summed E-state index contributed by atoms with van der Waals surface area (Å²) >= 11 is 0. The third-order valence-corrected chi connectivity index (χ3v) is 5.44. The van der Waals surface area contributed by atoms with E-state index in [9.17, 15) is 13.5 Å². The highest BCUT2D eigenvalue weighted by Gasteiger charge is 2.24. The molecule has 0 heterocycles. The number of rotatable bonds is 6. The molecule has 1 fully saturated rings. The summed E-state index contributed by atoms with van der Waals surface area (Å²) in [5, 5.41) is 9.42. The second-order valence-electron chi connectivity index (χ2n) is 5.55. The summed E-state index contributed by atoms with van der Waals surface area (Å²) in [7, 11) is -3.35. The van der Waals surface area contributed by atoms with Gasteiger partial charge in [-0.15, -0.1) is 0 Å². The van der Waals surface area contributed by atoms with Crippen molar-refractivity contribution in [3.8, 4) is 0 Å². The van der Waals surface area contributed by atoms with Crippen molar-refractivity contribution in [2.75, 3.05) is 12.4 Å². The van der Waals surface area contributed by atoms with Crippen LogP contribution in [0.1, 0.15) is 43.7 Å². The van der Waals surface area contributed by atoms with E-state index < -0.39 is 16.1 Å². The lowest BCUT2D eigenvalue weighted by molar-refractivity contribution is 0.258. The Morgan fingerprint density at radius 2 is 1.80 bits per heavy atom. The first kappa shape index (κ1) is 15.5. The van der Waals surface area contributed by atoms with Crippen molar-refractivity contribution in [3.63, 3.8) is 0 Å². The second-order valence-corrected chi connectivity index (χ2v) is 7.35. The molecule has 5 heteroatoms. The van der Waals surface area contributed by atoms with Crippen molar-refractivity contribution in [2.45, 2.75) is 38.1 Å². The molecule has 0 amide bonds. The molecule has 1 aromatic carbocycles. The summed E-state index contributed by atoms with van der Waals surface area (Å²) in [6.45, 7) is -0.228. The van der Waals surface area contributed by atoms with E-state index in [1.807, 2.05) is 30.3 Å². The van der Waals surface area contributed by atoms with Crippen LogP contribution in [0.25, 0.3) is 0 Å². The van der Waals surface area contributed by atoms with E-state index in [0.717, 1.165) is 31.2 Å². The molecular weight excluding hydrogens is 274 g/mol. The molecule has 0 aromatic heterocycles. The average molecular weight is 297 g/mol. The van der Waals surface area contributed by atoms with Crippen LogP contribution in [-0.2, 0) is 10.0 Å². The van der Waals surface area contributed by atoms with Crippen LogP contribution < -0.4 is 4.72 Å². The second kappa shape index (κ2) is 7.20. The number of hydrogen-bond donors (Lipinski definition) is 2. The third kappa shape index (κ3) is 4.58. The Bertz CT molecular complexity index is 495. The van der Waals surface area contributed by atoms with E-state index in [-0.39, 0.29) is 18.3 Å². The number of aliphatic hydroxyl groups excluding tert-OH is 1. The van der Waals surface area contributed by atoms with Gasteiger partial charge in [0.05, 0.1) is 18.4 Å². The standard InChI is InChI=1S/C15H23NO3S/c17-11-15(14-9-5-2-6-10-14)16-20(18,19)12-13-7-3-1-4-8-13/h2,5-6,9-10,13,15-17H,1,3-4,7-8,11-12H2. The molecule has 1 saturated carbocycles. The number of nitrogens with one attached hydrogen (secondary N) is 1. The smallest absolute Gasteiger partial charge is 0.212 e. The lowest BCUT2D eigenvalue weighted by Crippen LogP contribution is -2.35. The zero-order valence-electron chi connectivity index (χ0n) is 11.7. The van der Waals surface area contributed by atoms with Crippen molar-refractivity contribution in [3.05, 3.63) is 35.9 Å². The summed E-state index contributed by atoms with van der Waals surface area (Å²) in [5.41, 5.74) is 0.794. The van der Waals surface area contributed by atoms with Gasteiger partial charge in [-0.1, -0.05) is 49.6 Å². The van der Waals surface area contributed by atoms with E-state index in [1.54, 1.807) is 0 Å². The predicted molar refractivity (Wildman–Crippen MR) is 79.8 cm³/mol. The maximum absolute atomic E-state index is 12.2. The molecule has 0 saturated heterocycles.